The fourth-order valence-corrected chi connectivity index (χ4v) is 3.95. The number of aromatic nitrogens is 4. The molecule has 7 nitrogen and oxygen atoms in total. The molecule has 2 aliphatic rings. The third kappa shape index (κ3) is 3.59. The van der Waals surface area contributed by atoms with Crippen molar-refractivity contribution in [3.05, 3.63) is 42.5 Å². The van der Waals surface area contributed by atoms with E-state index in [4.69, 9.17) is 14.6 Å². The third-order valence-corrected chi connectivity index (χ3v) is 5.64. The van der Waals surface area contributed by atoms with Gasteiger partial charge < -0.3 is 14.4 Å². The van der Waals surface area contributed by atoms with Gasteiger partial charge in [-0.05, 0) is 31.4 Å². The van der Waals surface area contributed by atoms with Gasteiger partial charge in [-0.25, -0.2) is 0 Å². The Morgan fingerprint density at radius 2 is 1.86 bits per heavy atom. The summed E-state index contributed by atoms with van der Waals surface area (Å²) in [6.07, 6.45) is 3.53. The van der Waals surface area contributed by atoms with Crippen molar-refractivity contribution in [3.63, 3.8) is 0 Å². The van der Waals surface area contributed by atoms with Gasteiger partial charge >= 0.3 is 0 Å². The number of hydrogen-bond acceptors (Lipinski definition) is 6. The van der Waals surface area contributed by atoms with E-state index in [2.05, 4.69) is 15.1 Å². The van der Waals surface area contributed by atoms with E-state index in [-0.39, 0.29) is 0 Å². The van der Waals surface area contributed by atoms with Crippen LogP contribution in [0.1, 0.15) is 19.3 Å². The smallest absolute Gasteiger partial charge is 0.185 e. The zero-order valence-corrected chi connectivity index (χ0v) is 15.9. The molecule has 2 aromatic heterocycles. The molecule has 0 radical (unpaired) electrons. The van der Waals surface area contributed by atoms with Crippen LogP contribution in [0.15, 0.2) is 42.5 Å². The monoisotopic (exact) mass is 379 g/mol. The van der Waals surface area contributed by atoms with E-state index in [9.17, 15) is 0 Å². The minimum absolute atomic E-state index is 0.343. The van der Waals surface area contributed by atoms with Crippen LogP contribution < -0.4 is 4.90 Å². The van der Waals surface area contributed by atoms with E-state index in [0.717, 1.165) is 75.0 Å². The molecule has 2 aliphatic heterocycles. The lowest BCUT2D eigenvalue weighted by atomic mass is 10.1. The first-order valence-electron chi connectivity index (χ1n) is 10.1. The Bertz CT molecular complexity index is 915. The van der Waals surface area contributed by atoms with Crippen LogP contribution in [0, 0.1) is 5.92 Å². The zero-order chi connectivity index (χ0) is 18.8. The van der Waals surface area contributed by atoms with Gasteiger partial charge in [0, 0.05) is 31.2 Å². The summed E-state index contributed by atoms with van der Waals surface area (Å²) in [5.74, 6) is 2.31. The summed E-state index contributed by atoms with van der Waals surface area (Å²) in [4.78, 5) is 2.33. The molecule has 0 spiro atoms. The molecule has 3 aromatic rings. The van der Waals surface area contributed by atoms with Crippen molar-refractivity contribution < 1.29 is 9.47 Å². The van der Waals surface area contributed by atoms with Crippen molar-refractivity contribution >= 4 is 11.5 Å². The van der Waals surface area contributed by atoms with Gasteiger partial charge in [-0.2, -0.15) is 4.52 Å². The summed E-state index contributed by atoms with van der Waals surface area (Å²) in [5.41, 5.74) is 1.78. The largest absolute Gasteiger partial charge is 0.381 e. The highest BCUT2D eigenvalue weighted by Gasteiger charge is 2.24. The predicted octanol–water partition coefficient (Wildman–Crippen LogP) is 2.81. The molecule has 1 unspecified atom stereocenters. The first kappa shape index (κ1) is 17.6. The van der Waals surface area contributed by atoms with Gasteiger partial charge in [-0.15, -0.1) is 15.3 Å². The molecular weight excluding hydrogens is 354 g/mol. The summed E-state index contributed by atoms with van der Waals surface area (Å²) in [6.45, 7) is 4.47. The first-order valence-corrected chi connectivity index (χ1v) is 10.1. The van der Waals surface area contributed by atoms with Crippen LogP contribution in [0.3, 0.4) is 0 Å². The number of fused-ring (bicyclic) bond motifs is 1. The Balaban J connectivity index is 1.26. The van der Waals surface area contributed by atoms with Crippen LogP contribution in [0.5, 0.6) is 0 Å². The van der Waals surface area contributed by atoms with E-state index >= 15 is 0 Å². The van der Waals surface area contributed by atoms with Crippen LogP contribution in [0.25, 0.3) is 17.0 Å². The molecule has 28 heavy (non-hydrogen) atoms. The summed E-state index contributed by atoms with van der Waals surface area (Å²) in [7, 11) is 0. The van der Waals surface area contributed by atoms with Crippen molar-refractivity contribution in [1.82, 2.24) is 19.8 Å². The van der Waals surface area contributed by atoms with Gasteiger partial charge in [0.1, 0.15) is 5.82 Å². The number of piperidine rings is 1. The molecule has 4 heterocycles. The Kier molecular flexibility index (Phi) is 4.93. The molecule has 0 aliphatic carbocycles. The predicted molar refractivity (Wildman–Crippen MR) is 106 cm³/mol. The quantitative estimate of drug-likeness (QED) is 0.679. The van der Waals surface area contributed by atoms with Crippen LogP contribution >= 0.6 is 0 Å². The van der Waals surface area contributed by atoms with E-state index in [0.29, 0.717) is 12.0 Å². The fourth-order valence-electron chi connectivity index (χ4n) is 3.95. The maximum absolute atomic E-state index is 6.13. The number of rotatable bonds is 5. The van der Waals surface area contributed by atoms with E-state index in [1.54, 1.807) is 0 Å². The van der Waals surface area contributed by atoms with Gasteiger partial charge in [0.2, 0.25) is 0 Å². The molecule has 0 amide bonds. The van der Waals surface area contributed by atoms with Gasteiger partial charge in [0.25, 0.3) is 0 Å². The Morgan fingerprint density at radius 3 is 2.64 bits per heavy atom. The lowest BCUT2D eigenvalue weighted by Crippen LogP contribution is -2.38. The lowest BCUT2D eigenvalue weighted by Gasteiger charge is -2.33. The standard InChI is InChI=1S/C21H25N5O2/c1-2-4-17(5-3-1)21-23-22-19-6-7-20(24-26(19)21)25-11-8-18(9-12-25)28-15-16-10-13-27-14-16/h1-7,16,18H,8-15H2. The summed E-state index contributed by atoms with van der Waals surface area (Å²) < 4.78 is 13.4. The highest BCUT2D eigenvalue weighted by molar-refractivity contribution is 5.59. The van der Waals surface area contributed by atoms with Gasteiger partial charge in [-0.1, -0.05) is 30.3 Å². The van der Waals surface area contributed by atoms with Crippen molar-refractivity contribution in [2.24, 2.45) is 5.92 Å². The summed E-state index contributed by atoms with van der Waals surface area (Å²) in [5, 5.41) is 13.4. The fraction of sp³-hybridized carbons (Fsp3) is 0.476. The number of benzene rings is 1. The molecule has 5 rings (SSSR count). The van der Waals surface area contributed by atoms with Crippen LogP contribution in [-0.2, 0) is 9.47 Å². The molecule has 0 bridgehead atoms. The van der Waals surface area contributed by atoms with Crippen molar-refractivity contribution in [2.75, 3.05) is 37.8 Å². The average molecular weight is 379 g/mol. The molecule has 0 saturated carbocycles. The maximum Gasteiger partial charge on any atom is 0.185 e. The molecule has 7 heteroatoms. The summed E-state index contributed by atoms with van der Waals surface area (Å²) >= 11 is 0. The molecule has 2 fully saturated rings. The van der Waals surface area contributed by atoms with E-state index in [1.165, 1.54) is 0 Å². The topological polar surface area (TPSA) is 64.8 Å². The van der Waals surface area contributed by atoms with Crippen molar-refractivity contribution in [1.29, 1.82) is 0 Å². The molecule has 0 N–H and O–H groups in total. The number of nitrogens with zero attached hydrogens (tertiary/aromatic N) is 5. The Morgan fingerprint density at radius 1 is 1.00 bits per heavy atom. The normalized spacial score (nSPS) is 20.9. The number of hydrogen-bond donors (Lipinski definition) is 0. The minimum atomic E-state index is 0.343. The zero-order valence-electron chi connectivity index (χ0n) is 15.9. The molecule has 1 atom stereocenters. The van der Waals surface area contributed by atoms with Gasteiger partial charge in [-0.3, -0.25) is 0 Å². The Labute approximate surface area is 164 Å². The SMILES string of the molecule is c1ccc(-c2nnc3ccc(N4CCC(OCC5CCOC5)CC4)nn23)cc1. The number of ether oxygens (including phenoxy) is 2. The average Bonchev–Trinajstić information content (AvgIpc) is 3.43. The van der Waals surface area contributed by atoms with E-state index < -0.39 is 0 Å². The minimum Gasteiger partial charge on any atom is -0.381 e. The highest BCUT2D eigenvalue weighted by Crippen LogP contribution is 2.23. The van der Waals surface area contributed by atoms with Gasteiger partial charge in [0.15, 0.2) is 11.5 Å². The second kappa shape index (κ2) is 7.85. The maximum atomic E-state index is 6.13. The van der Waals surface area contributed by atoms with Crippen molar-refractivity contribution in [3.8, 4) is 11.4 Å². The molecule has 146 valence electrons. The second-order valence-corrected chi connectivity index (χ2v) is 7.60. The van der Waals surface area contributed by atoms with Gasteiger partial charge in [0.05, 0.1) is 19.3 Å². The van der Waals surface area contributed by atoms with Crippen LogP contribution in [0.4, 0.5) is 5.82 Å². The second-order valence-electron chi connectivity index (χ2n) is 7.60. The molecule has 1 aromatic carbocycles. The third-order valence-electron chi connectivity index (χ3n) is 5.64. The first-order chi connectivity index (χ1) is 13.9. The molecule has 2 saturated heterocycles. The van der Waals surface area contributed by atoms with Crippen molar-refractivity contribution in [2.45, 2.75) is 25.4 Å². The van der Waals surface area contributed by atoms with Crippen LogP contribution in [-0.4, -0.2) is 58.8 Å². The van der Waals surface area contributed by atoms with Crippen LogP contribution in [0.2, 0.25) is 0 Å². The Hall–Kier alpha value is -2.51. The lowest BCUT2D eigenvalue weighted by molar-refractivity contribution is 0.0131. The highest BCUT2D eigenvalue weighted by atomic mass is 16.5. The van der Waals surface area contributed by atoms with E-state index in [1.807, 2.05) is 47.0 Å². The summed E-state index contributed by atoms with van der Waals surface area (Å²) in [6, 6.07) is 14.1. The number of anilines is 1. The molecular formula is C21H25N5O2.